The summed E-state index contributed by atoms with van der Waals surface area (Å²) < 4.78 is 0. The molecule has 0 aromatic rings. The smallest absolute Gasteiger partial charge is 0.332 e. The molecule has 1 aliphatic carbocycles. The second-order valence-electron chi connectivity index (χ2n) is 4.36. The third-order valence-corrected chi connectivity index (χ3v) is 3.00. The van der Waals surface area contributed by atoms with Crippen LogP contribution in [0, 0.1) is 5.92 Å². The van der Waals surface area contributed by atoms with Gasteiger partial charge < -0.3 is 10.2 Å². The maximum Gasteiger partial charge on any atom is 0.332 e. The minimum absolute atomic E-state index is 0.0785. The lowest BCUT2D eigenvalue weighted by atomic mass is 9.90. The summed E-state index contributed by atoms with van der Waals surface area (Å²) in [7, 11) is 0. The molecule has 0 aromatic heterocycles. The maximum atomic E-state index is 11.2. The number of ketones is 1. The van der Waals surface area contributed by atoms with Crippen molar-refractivity contribution < 1.29 is 24.6 Å². The van der Waals surface area contributed by atoms with Gasteiger partial charge in [-0.15, -0.1) is 0 Å². The summed E-state index contributed by atoms with van der Waals surface area (Å²) in [5.74, 6) is -3.07. The molecule has 5 nitrogen and oxygen atoms in total. The molecule has 94 valence electrons. The Morgan fingerprint density at radius 3 is 1.94 bits per heavy atom. The quantitative estimate of drug-likeness (QED) is 0.712. The van der Waals surface area contributed by atoms with Crippen LogP contribution < -0.4 is 0 Å². The molecular formula is C12H16O5. The molecule has 0 heterocycles. The second-order valence-corrected chi connectivity index (χ2v) is 4.36. The summed E-state index contributed by atoms with van der Waals surface area (Å²) in [5.41, 5.74) is -0.331. The minimum Gasteiger partial charge on any atom is -0.478 e. The standard InChI is InChI=1S/C12H16O5/c1-7(13)6-9(11(14)15)10(12(16)17)8-4-2-3-5-8/h8H,2-6H2,1H3,(H,14,15)(H,16,17). The number of hydrogen-bond donors (Lipinski definition) is 2. The van der Waals surface area contributed by atoms with Crippen molar-refractivity contribution in [3.63, 3.8) is 0 Å². The Balaban J connectivity index is 3.15. The number of aliphatic carboxylic acids is 2. The van der Waals surface area contributed by atoms with E-state index in [1.54, 1.807) is 0 Å². The Hall–Kier alpha value is -1.65. The van der Waals surface area contributed by atoms with Crippen molar-refractivity contribution in [1.82, 2.24) is 0 Å². The van der Waals surface area contributed by atoms with Gasteiger partial charge >= 0.3 is 11.9 Å². The van der Waals surface area contributed by atoms with Gasteiger partial charge in [-0.1, -0.05) is 12.8 Å². The molecule has 0 amide bonds. The van der Waals surface area contributed by atoms with Crippen molar-refractivity contribution in [2.45, 2.75) is 39.0 Å². The highest BCUT2D eigenvalue weighted by molar-refractivity contribution is 6.02. The van der Waals surface area contributed by atoms with Gasteiger partial charge in [0.05, 0.1) is 11.1 Å². The molecule has 0 saturated heterocycles. The predicted octanol–water partition coefficient (Wildman–Crippen LogP) is 1.62. The Bertz CT molecular complexity index is 374. The van der Waals surface area contributed by atoms with Crippen LogP contribution in [0.3, 0.4) is 0 Å². The summed E-state index contributed by atoms with van der Waals surface area (Å²) in [4.78, 5) is 33.3. The van der Waals surface area contributed by atoms with Gasteiger partial charge in [0.1, 0.15) is 5.78 Å². The van der Waals surface area contributed by atoms with E-state index < -0.39 is 11.9 Å². The van der Waals surface area contributed by atoms with Crippen molar-refractivity contribution in [2.75, 3.05) is 0 Å². The molecule has 0 spiro atoms. The molecule has 1 aliphatic rings. The average Bonchev–Trinajstić information content (AvgIpc) is 2.68. The zero-order chi connectivity index (χ0) is 13.0. The van der Waals surface area contributed by atoms with E-state index >= 15 is 0 Å². The summed E-state index contributed by atoms with van der Waals surface area (Å²) in [5, 5.41) is 18.2. The van der Waals surface area contributed by atoms with Crippen LogP contribution in [0.15, 0.2) is 11.1 Å². The fraction of sp³-hybridized carbons (Fsp3) is 0.583. The van der Waals surface area contributed by atoms with Gasteiger partial charge in [0.25, 0.3) is 0 Å². The highest BCUT2D eigenvalue weighted by Gasteiger charge is 2.30. The summed E-state index contributed by atoms with van der Waals surface area (Å²) in [6, 6.07) is 0. The largest absolute Gasteiger partial charge is 0.478 e. The number of carboxylic acid groups (broad SMARTS) is 2. The Morgan fingerprint density at radius 1 is 1.06 bits per heavy atom. The van der Waals surface area contributed by atoms with E-state index in [2.05, 4.69) is 0 Å². The number of Topliss-reactive ketones (excluding diaryl/α,β-unsaturated/α-hetero) is 1. The van der Waals surface area contributed by atoms with Crippen LogP contribution in [0.2, 0.25) is 0 Å². The van der Waals surface area contributed by atoms with Crippen LogP contribution in [0.25, 0.3) is 0 Å². The molecule has 17 heavy (non-hydrogen) atoms. The van der Waals surface area contributed by atoms with Crippen LogP contribution in [-0.4, -0.2) is 27.9 Å². The Morgan fingerprint density at radius 2 is 1.59 bits per heavy atom. The molecule has 0 bridgehead atoms. The van der Waals surface area contributed by atoms with Crippen LogP contribution in [0.5, 0.6) is 0 Å². The number of carbonyl (C=O) groups excluding carboxylic acids is 1. The van der Waals surface area contributed by atoms with E-state index in [-0.39, 0.29) is 29.3 Å². The van der Waals surface area contributed by atoms with E-state index in [0.717, 1.165) is 12.8 Å². The molecule has 1 saturated carbocycles. The molecular weight excluding hydrogens is 224 g/mol. The monoisotopic (exact) mass is 240 g/mol. The number of rotatable bonds is 5. The van der Waals surface area contributed by atoms with Crippen LogP contribution in [0.4, 0.5) is 0 Å². The van der Waals surface area contributed by atoms with Crippen LogP contribution >= 0.6 is 0 Å². The van der Waals surface area contributed by atoms with Gasteiger partial charge in [-0.3, -0.25) is 4.79 Å². The van der Waals surface area contributed by atoms with Gasteiger partial charge in [-0.05, 0) is 25.7 Å². The Kier molecular flexibility index (Phi) is 4.43. The fourth-order valence-corrected chi connectivity index (χ4v) is 2.30. The van der Waals surface area contributed by atoms with Crippen molar-refractivity contribution in [3.05, 3.63) is 11.1 Å². The van der Waals surface area contributed by atoms with E-state index in [1.807, 2.05) is 0 Å². The molecule has 0 aromatic carbocycles. The molecule has 2 N–H and O–H groups in total. The summed E-state index contributed by atoms with van der Waals surface area (Å²) >= 11 is 0. The third kappa shape index (κ3) is 3.41. The SMILES string of the molecule is CC(=O)CC(C(=O)O)=C(C(=O)O)C1CCCC1. The zero-order valence-corrected chi connectivity index (χ0v) is 9.73. The van der Waals surface area contributed by atoms with E-state index in [9.17, 15) is 14.4 Å². The highest BCUT2D eigenvalue weighted by Crippen LogP contribution is 2.33. The lowest BCUT2D eigenvalue weighted by Crippen LogP contribution is -2.18. The van der Waals surface area contributed by atoms with Crippen molar-refractivity contribution >= 4 is 17.7 Å². The molecule has 1 fully saturated rings. The zero-order valence-electron chi connectivity index (χ0n) is 9.73. The molecule has 1 rings (SSSR count). The van der Waals surface area contributed by atoms with Crippen LogP contribution in [0.1, 0.15) is 39.0 Å². The molecule has 0 unspecified atom stereocenters. The first-order chi connectivity index (χ1) is 7.93. The van der Waals surface area contributed by atoms with Gasteiger partial charge in [0.2, 0.25) is 0 Å². The number of hydrogen-bond acceptors (Lipinski definition) is 3. The molecule has 0 radical (unpaired) electrons. The first-order valence-corrected chi connectivity index (χ1v) is 5.62. The van der Waals surface area contributed by atoms with Crippen LogP contribution in [-0.2, 0) is 14.4 Å². The second kappa shape index (κ2) is 5.61. The van der Waals surface area contributed by atoms with Gasteiger partial charge in [-0.2, -0.15) is 0 Å². The summed E-state index contributed by atoms with van der Waals surface area (Å²) in [6.45, 7) is 1.26. The van der Waals surface area contributed by atoms with Gasteiger partial charge in [0.15, 0.2) is 0 Å². The minimum atomic E-state index is -1.30. The van der Waals surface area contributed by atoms with Gasteiger partial charge in [-0.25, -0.2) is 9.59 Å². The fourth-order valence-electron chi connectivity index (χ4n) is 2.30. The maximum absolute atomic E-state index is 11.2. The molecule has 5 heteroatoms. The van der Waals surface area contributed by atoms with E-state index in [0.29, 0.717) is 12.8 Å². The Labute approximate surface area is 99.1 Å². The predicted molar refractivity (Wildman–Crippen MR) is 59.6 cm³/mol. The lowest BCUT2D eigenvalue weighted by Gasteiger charge is -2.13. The number of carboxylic acids is 2. The molecule has 0 aliphatic heterocycles. The lowest BCUT2D eigenvalue weighted by molar-refractivity contribution is -0.136. The highest BCUT2D eigenvalue weighted by atomic mass is 16.4. The first kappa shape index (κ1) is 13.4. The van der Waals surface area contributed by atoms with Gasteiger partial charge in [0, 0.05) is 6.42 Å². The van der Waals surface area contributed by atoms with Crippen molar-refractivity contribution in [1.29, 1.82) is 0 Å². The average molecular weight is 240 g/mol. The van der Waals surface area contributed by atoms with E-state index in [4.69, 9.17) is 10.2 Å². The number of carbonyl (C=O) groups is 3. The van der Waals surface area contributed by atoms with Crippen molar-refractivity contribution in [2.24, 2.45) is 5.92 Å². The van der Waals surface area contributed by atoms with E-state index in [1.165, 1.54) is 6.92 Å². The molecule has 0 atom stereocenters. The third-order valence-electron chi connectivity index (χ3n) is 3.00. The normalized spacial score (nSPS) is 17.7. The first-order valence-electron chi connectivity index (χ1n) is 5.62. The summed E-state index contributed by atoms with van der Waals surface area (Å²) in [6.07, 6.45) is 2.89. The van der Waals surface area contributed by atoms with Crippen molar-refractivity contribution in [3.8, 4) is 0 Å². The topological polar surface area (TPSA) is 91.7 Å².